The fraction of sp³-hybridized carbons (Fsp3) is 0.231. The predicted octanol–water partition coefficient (Wildman–Crippen LogP) is 6.94. The number of nitrogens with one attached hydrogen (secondary N) is 2. The van der Waals surface area contributed by atoms with E-state index >= 15 is 0 Å². The molecule has 1 aliphatic carbocycles. The Balaban J connectivity index is 1.51. The van der Waals surface area contributed by atoms with Gasteiger partial charge in [0.1, 0.15) is 5.75 Å². The number of benzene rings is 3. The third-order valence-corrected chi connectivity index (χ3v) is 8.68. The van der Waals surface area contributed by atoms with E-state index in [1.54, 1.807) is 30.3 Å². The molecule has 5 rings (SSSR count). The number of aromatic hydroxyl groups is 1. The number of aryl methyl sites for hydroxylation is 2. The third-order valence-electron chi connectivity index (χ3n) is 6.80. The van der Waals surface area contributed by atoms with Crippen molar-refractivity contribution < 1.29 is 13.5 Å². The highest BCUT2D eigenvalue weighted by atomic mass is 35.5. The molecule has 2 aliphatic rings. The zero-order valence-corrected chi connectivity index (χ0v) is 21.0. The molecule has 3 atom stereocenters. The average molecular weight is 515 g/mol. The van der Waals surface area contributed by atoms with Crippen molar-refractivity contribution >= 4 is 44.6 Å². The summed E-state index contributed by atoms with van der Waals surface area (Å²) in [5, 5.41) is 14.8. The monoisotopic (exact) mass is 514 g/mol. The van der Waals surface area contributed by atoms with E-state index < -0.39 is 10.0 Å². The molecule has 0 saturated carbocycles. The lowest BCUT2D eigenvalue weighted by atomic mass is 9.77. The molecule has 34 heavy (non-hydrogen) atoms. The molecular formula is C26H24Cl2N2O3S. The lowest BCUT2D eigenvalue weighted by Crippen LogP contribution is -2.29. The van der Waals surface area contributed by atoms with Gasteiger partial charge in [-0.3, -0.25) is 4.72 Å². The predicted molar refractivity (Wildman–Crippen MR) is 138 cm³/mol. The van der Waals surface area contributed by atoms with Gasteiger partial charge in [0.25, 0.3) is 10.0 Å². The summed E-state index contributed by atoms with van der Waals surface area (Å²) < 4.78 is 29.0. The van der Waals surface area contributed by atoms with Crippen molar-refractivity contribution in [1.29, 1.82) is 0 Å². The van der Waals surface area contributed by atoms with Gasteiger partial charge in [0, 0.05) is 27.9 Å². The SMILES string of the molecule is Cc1ccc(NS(=O)(=O)c2ccc3c(c2)C2C=CCC2C(c2cc(Cl)cc(Cl)c2O)N3)cc1C. The number of anilines is 2. The van der Waals surface area contributed by atoms with Crippen LogP contribution in [0.1, 0.15) is 40.6 Å². The molecule has 1 aliphatic heterocycles. The maximum Gasteiger partial charge on any atom is 0.261 e. The van der Waals surface area contributed by atoms with Crippen molar-refractivity contribution in [2.45, 2.75) is 37.1 Å². The van der Waals surface area contributed by atoms with Gasteiger partial charge in [-0.1, -0.05) is 41.4 Å². The second-order valence-electron chi connectivity index (χ2n) is 8.95. The minimum Gasteiger partial charge on any atom is -0.506 e. The van der Waals surface area contributed by atoms with E-state index in [0.717, 1.165) is 28.8 Å². The Labute approximate surface area is 209 Å². The lowest BCUT2D eigenvalue weighted by Gasteiger charge is -2.38. The minimum absolute atomic E-state index is 0.00447. The summed E-state index contributed by atoms with van der Waals surface area (Å²) in [6.45, 7) is 3.94. The number of phenolic OH excluding ortho intramolecular Hbond substituents is 1. The van der Waals surface area contributed by atoms with Crippen LogP contribution >= 0.6 is 23.2 Å². The third kappa shape index (κ3) is 4.04. The van der Waals surface area contributed by atoms with Crippen molar-refractivity contribution in [2.75, 3.05) is 10.0 Å². The van der Waals surface area contributed by atoms with Crippen LogP contribution in [0.2, 0.25) is 10.0 Å². The highest BCUT2D eigenvalue weighted by Crippen LogP contribution is 2.52. The van der Waals surface area contributed by atoms with Gasteiger partial charge in [-0.05, 0) is 85.3 Å². The summed E-state index contributed by atoms with van der Waals surface area (Å²) >= 11 is 12.4. The van der Waals surface area contributed by atoms with Gasteiger partial charge in [0.15, 0.2) is 0 Å². The van der Waals surface area contributed by atoms with Crippen molar-refractivity contribution in [2.24, 2.45) is 5.92 Å². The van der Waals surface area contributed by atoms with Crippen LogP contribution in [-0.4, -0.2) is 13.5 Å². The first kappa shape index (κ1) is 23.1. The number of sulfonamides is 1. The molecule has 3 unspecified atom stereocenters. The van der Waals surface area contributed by atoms with Crippen LogP contribution < -0.4 is 10.0 Å². The van der Waals surface area contributed by atoms with Crippen molar-refractivity contribution in [3.63, 3.8) is 0 Å². The van der Waals surface area contributed by atoms with Gasteiger partial charge in [0.2, 0.25) is 0 Å². The fourth-order valence-corrected chi connectivity index (χ4v) is 6.48. The van der Waals surface area contributed by atoms with E-state index in [2.05, 4.69) is 22.2 Å². The Kier molecular flexibility index (Phi) is 5.79. The second kappa shape index (κ2) is 8.52. The molecule has 176 valence electrons. The van der Waals surface area contributed by atoms with Gasteiger partial charge in [0.05, 0.1) is 16.0 Å². The second-order valence-corrected chi connectivity index (χ2v) is 11.5. The molecular weight excluding hydrogens is 491 g/mol. The first-order valence-electron chi connectivity index (χ1n) is 11.0. The molecule has 3 N–H and O–H groups in total. The topological polar surface area (TPSA) is 78.4 Å². The van der Waals surface area contributed by atoms with E-state index in [1.165, 1.54) is 6.07 Å². The van der Waals surface area contributed by atoms with Gasteiger partial charge >= 0.3 is 0 Å². The molecule has 8 heteroatoms. The molecule has 0 bridgehead atoms. The van der Waals surface area contributed by atoms with Crippen LogP contribution in [0.15, 0.2) is 65.6 Å². The molecule has 0 amide bonds. The molecule has 0 fully saturated rings. The Hall–Kier alpha value is -2.67. The van der Waals surface area contributed by atoms with Crippen LogP contribution in [0.25, 0.3) is 0 Å². The molecule has 1 heterocycles. The van der Waals surface area contributed by atoms with E-state index in [9.17, 15) is 13.5 Å². The summed E-state index contributed by atoms with van der Waals surface area (Å²) in [7, 11) is -3.77. The number of hydrogen-bond acceptors (Lipinski definition) is 4. The minimum atomic E-state index is -3.77. The normalized spacial score (nSPS) is 21.0. The first-order chi connectivity index (χ1) is 16.1. The van der Waals surface area contributed by atoms with Crippen LogP contribution in [-0.2, 0) is 10.0 Å². The Bertz CT molecular complexity index is 1440. The summed E-state index contributed by atoms with van der Waals surface area (Å²) in [6.07, 6.45) is 4.98. The molecule has 3 aromatic carbocycles. The Morgan fingerprint density at radius 1 is 1.00 bits per heavy atom. The van der Waals surface area contributed by atoms with Crippen molar-refractivity contribution in [3.8, 4) is 5.75 Å². The molecule has 0 spiro atoms. The lowest BCUT2D eigenvalue weighted by molar-refractivity contribution is 0.402. The molecule has 0 aromatic heterocycles. The fourth-order valence-electron chi connectivity index (χ4n) is 4.89. The number of phenols is 1. The number of halogens is 2. The van der Waals surface area contributed by atoms with Crippen LogP contribution in [0.3, 0.4) is 0 Å². The van der Waals surface area contributed by atoms with Crippen molar-refractivity contribution in [1.82, 2.24) is 0 Å². The maximum absolute atomic E-state index is 13.2. The maximum atomic E-state index is 13.2. The number of rotatable bonds is 4. The quantitative estimate of drug-likeness (QED) is 0.329. The molecule has 5 nitrogen and oxygen atoms in total. The number of hydrogen-bond donors (Lipinski definition) is 3. The van der Waals surface area contributed by atoms with E-state index in [-0.39, 0.29) is 33.5 Å². The smallest absolute Gasteiger partial charge is 0.261 e. The van der Waals surface area contributed by atoms with Crippen LogP contribution in [0.5, 0.6) is 5.75 Å². The summed E-state index contributed by atoms with van der Waals surface area (Å²) in [5.41, 5.74) is 5.01. The van der Waals surface area contributed by atoms with Gasteiger partial charge in [-0.25, -0.2) is 8.42 Å². The summed E-state index contributed by atoms with van der Waals surface area (Å²) in [4.78, 5) is 0.206. The highest BCUT2D eigenvalue weighted by Gasteiger charge is 2.39. The van der Waals surface area contributed by atoms with Crippen molar-refractivity contribution in [3.05, 3.63) is 93.0 Å². The Morgan fingerprint density at radius 2 is 1.79 bits per heavy atom. The van der Waals surface area contributed by atoms with Gasteiger partial charge < -0.3 is 10.4 Å². The van der Waals surface area contributed by atoms with E-state index in [1.807, 2.05) is 26.0 Å². The molecule has 0 saturated heterocycles. The highest BCUT2D eigenvalue weighted by molar-refractivity contribution is 7.92. The van der Waals surface area contributed by atoms with Crippen LogP contribution in [0.4, 0.5) is 11.4 Å². The molecule has 0 radical (unpaired) electrons. The number of fused-ring (bicyclic) bond motifs is 3. The summed E-state index contributed by atoms with van der Waals surface area (Å²) in [6, 6.07) is 13.6. The standard InChI is InChI=1S/C26H24Cl2N2O3S/c1-14-6-7-17(10-15(14)2)30-34(32,33)18-8-9-24-21(13-18)19-4-3-5-20(19)25(29-24)22-11-16(27)12-23(28)26(22)31/h3-4,6-13,19-20,25,29-31H,5H2,1-2H3. The summed E-state index contributed by atoms with van der Waals surface area (Å²) in [5.74, 6) is 0.0863. The van der Waals surface area contributed by atoms with E-state index in [0.29, 0.717) is 16.3 Å². The van der Waals surface area contributed by atoms with Crippen LogP contribution in [0, 0.1) is 19.8 Å². The Morgan fingerprint density at radius 3 is 2.56 bits per heavy atom. The van der Waals surface area contributed by atoms with Gasteiger partial charge in [-0.2, -0.15) is 0 Å². The largest absolute Gasteiger partial charge is 0.506 e. The zero-order valence-electron chi connectivity index (χ0n) is 18.6. The zero-order chi connectivity index (χ0) is 24.2. The first-order valence-corrected chi connectivity index (χ1v) is 13.2. The van der Waals surface area contributed by atoms with E-state index in [4.69, 9.17) is 23.2 Å². The average Bonchev–Trinajstić information content (AvgIpc) is 3.28. The number of allylic oxidation sites excluding steroid dienone is 2. The van der Waals surface area contributed by atoms with Gasteiger partial charge in [-0.15, -0.1) is 0 Å². The molecule has 3 aromatic rings.